The smallest absolute Gasteiger partial charge is 0.253 e. The van der Waals surface area contributed by atoms with Gasteiger partial charge in [-0.05, 0) is 45.9 Å². The van der Waals surface area contributed by atoms with Crippen LogP contribution in [0.15, 0.2) is 18.2 Å². The van der Waals surface area contributed by atoms with Crippen LogP contribution >= 0.6 is 11.6 Å². The number of amides is 2. The zero-order chi connectivity index (χ0) is 18.3. The van der Waals surface area contributed by atoms with Crippen LogP contribution in [-0.2, 0) is 14.8 Å². The molecule has 0 aliphatic carbocycles. The summed E-state index contributed by atoms with van der Waals surface area (Å²) in [6.07, 6.45) is 0. The van der Waals surface area contributed by atoms with Gasteiger partial charge in [-0.1, -0.05) is 11.6 Å². The van der Waals surface area contributed by atoms with E-state index in [4.69, 9.17) is 11.6 Å². The molecular weight excluding hydrogens is 352 g/mol. The van der Waals surface area contributed by atoms with E-state index in [1.54, 1.807) is 18.7 Å². The molecule has 1 fully saturated rings. The molecule has 1 aliphatic rings. The van der Waals surface area contributed by atoms with E-state index in [0.717, 1.165) is 4.31 Å². The fraction of sp³-hybridized carbons (Fsp3) is 0.500. The van der Waals surface area contributed by atoms with Crippen molar-refractivity contribution in [2.24, 2.45) is 5.41 Å². The van der Waals surface area contributed by atoms with Gasteiger partial charge in [-0.15, -0.1) is 0 Å². The molecule has 1 aliphatic heterocycles. The average molecular weight is 373 g/mol. The molecule has 1 heterocycles. The van der Waals surface area contributed by atoms with Crippen LogP contribution in [0.25, 0.3) is 0 Å². The second-order valence-electron chi connectivity index (χ2n) is 6.35. The Labute approximate surface area is 147 Å². The second-order valence-corrected chi connectivity index (χ2v) is 8.58. The Hall–Kier alpha value is -1.60. The molecule has 0 bridgehead atoms. The van der Waals surface area contributed by atoms with Gasteiger partial charge in [0.2, 0.25) is 15.9 Å². The molecule has 1 aromatic carbocycles. The first-order chi connectivity index (χ1) is 11.0. The van der Waals surface area contributed by atoms with Crippen LogP contribution in [0.1, 0.15) is 38.1 Å². The SMILES string of the molecule is CCN(CC)C(=O)c1ccc(Cl)c(N2C(=O)C(C)(C)CS2(=O)=O)c1. The summed E-state index contributed by atoms with van der Waals surface area (Å²) < 4.78 is 25.6. The van der Waals surface area contributed by atoms with Gasteiger partial charge in [0.05, 0.1) is 21.9 Å². The lowest BCUT2D eigenvalue weighted by atomic mass is 9.95. The van der Waals surface area contributed by atoms with Gasteiger partial charge < -0.3 is 4.90 Å². The first-order valence-electron chi connectivity index (χ1n) is 7.71. The third-order valence-electron chi connectivity index (χ3n) is 4.05. The Morgan fingerprint density at radius 3 is 2.33 bits per heavy atom. The van der Waals surface area contributed by atoms with E-state index in [0.29, 0.717) is 18.7 Å². The summed E-state index contributed by atoms with van der Waals surface area (Å²) in [7, 11) is -3.82. The maximum Gasteiger partial charge on any atom is 0.253 e. The predicted molar refractivity (Wildman–Crippen MR) is 93.8 cm³/mol. The van der Waals surface area contributed by atoms with Crippen LogP contribution in [0.5, 0.6) is 0 Å². The highest BCUT2D eigenvalue weighted by Gasteiger charge is 2.50. The van der Waals surface area contributed by atoms with Gasteiger partial charge >= 0.3 is 0 Å². The Bertz CT molecular complexity index is 785. The molecule has 2 rings (SSSR count). The minimum Gasteiger partial charge on any atom is -0.339 e. The molecule has 0 N–H and O–H groups in total. The largest absolute Gasteiger partial charge is 0.339 e. The maximum atomic E-state index is 12.5. The van der Waals surface area contributed by atoms with Crippen molar-refractivity contribution in [3.05, 3.63) is 28.8 Å². The highest BCUT2D eigenvalue weighted by atomic mass is 35.5. The summed E-state index contributed by atoms with van der Waals surface area (Å²) in [6.45, 7) is 7.92. The number of benzene rings is 1. The lowest BCUT2D eigenvalue weighted by molar-refractivity contribution is -0.123. The number of rotatable bonds is 4. The molecule has 0 unspecified atom stereocenters. The van der Waals surface area contributed by atoms with Gasteiger partial charge in [-0.25, -0.2) is 12.7 Å². The highest BCUT2D eigenvalue weighted by Crippen LogP contribution is 2.39. The molecule has 0 aromatic heterocycles. The lowest BCUT2D eigenvalue weighted by Gasteiger charge is -2.22. The summed E-state index contributed by atoms with van der Waals surface area (Å²) >= 11 is 6.13. The first-order valence-corrected chi connectivity index (χ1v) is 9.70. The Balaban J connectivity index is 2.54. The Morgan fingerprint density at radius 1 is 1.29 bits per heavy atom. The van der Waals surface area contributed by atoms with Gasteiger partial charge in [-0.2, -0.15) is 0 Å². The molecule has 0 atom stereocenters. The fourth-order valence-corrected chi connectivity index (χ4v) is 5.10. The molecule has 24 heavy (non-hydrogen) atoms. The van der Waals surface area contributed by atoms with Crippen molar-refractivity contribution in [3.63, 3.8) is 0 Å². The third-order valence-corrected chi connectivity index (χ3v) is 6.37. The number of anilines is 1. The number of sulfonamides is 1. The molecule has 1 saturated heterocycles. The van der Waals surface area contributed by atoms with Crippen LogP contribution in [0.2, 0.25) is 5.02 Å². The van der Waals surface area contributed by atoms with Crippen molar-refractivity contribution >= 4 is 39.1 Å². The zero-order valence-corrected chi connectivity index (χ0v) is 15.7. The van der Waals surface area contributed by atoms with Gasteiger partial charge in [0.25, 0.3) is 5.91 Å². The zero-order valence-electron chi connectivity index (χ0n) is 14.2. The summed E-state index contributed by atoms with van der Waals surface area (Å²) in [4.78, 5) is 26.6. The number of halogens is 1. The number of carbonyl (C=O) groups excluding carboxylic acids is 2. The van der Waals surface area contributed by atoms with Gasteiger partial charge in [0, 0.05) is 18.7 Å². The van der Waals surface area contributed by atoms with E-state index in [1.807, 2.05) is 13.8 Å². The number of hydrogen-bond donors (Lipinski definition) is 0. The van der Waals surface area contributed by atoms with Crippen molar-refractivity contribution in [2.45, 2.75) is 27.7 Å². The Kier molecular flexibility index (Phi) is 4.97. The van der Waals surface area contributed by atoms with Crippen molar-refractivity contribution in [1.82, 2.24) is 4.90 Å². The van der Waals surface area contributed by atoms with Crippen LogP contribution in [0, 0.1) is 5.41 Å². The van der Waals surface area contributed by atoms with Crippen molar-refractivity contribution in [2.75, 3.05) is 23.1 Å². The van der Waals surface area contributed by atoms with Crippen LogP contribution in [0.3, 0.4) is 0 Å². The first kappa shape index (κ1) is 18.7. The third kappa shape index (κ3) is 3.15. The van der Waals surface area contributed by atoms with E-state index in [2.05, 4.69) is 0 Å². The van der Waals surface area contributed by atoms with Crippen LogP contribution in [-0.4, -0.2) is 44.0 Å². The summed E-state index contributed by atoms with van der Waals surface area (Å²) in [6, 6.07) is 4.35. The number of nitrogens with zero attached hydrogens (tertiary/aromatic N) is 2. The molecule has 1 aromatic rings. The molecule has 0 saturated carbocycles. The highest BCUT2D eigenvalue weighted by molar-refractivity contribution is 7.94. The summed E-state index contributed by atoms with van der Waals surface area (Å²) in [5.41, 5.74) is -0.697. The molecule has 6 nitrogen and oxygen atoms in total. The van der Waals surface area contributed by atoms with Crippen LogP contribution in [0.4, 0.5) is 5.69 Å². The second kappa shape index (κ2) is 6.37. The van der Waals surface area contributed by atoms with E-state index in [-0.39, 0.29) is 22.4 Å². The van der Waals surface area contributed by atoms with Crippen molar-refractivity contribution in [1.29, 1.82) is 0 Å². The van der Waals surface area contributed by atoms with Gasteiger partial charge in [-0.3, -0.25) is 9.59 Å². The normalized spacial score (nSPS) is 18.7. The standard InChI is InChI=1S/C16H21ClN2O4S/c1-5-18(6-2)14(20)11-7-8-12(17)13(9-11)19-15(21)16(3,4)10-24(19,22)23/h7-9H,5-6,10H2,1-4H3. The number of hydrogen-bond acceptors (Lipinski definition) is 4. The predicted octanol–water partition coefficient (Wildman–Crippen LogP) is 2.52. The van der Waals surface area contributed by atoms with Gasteiger partial charge in [0.1, 0.15) is 0 Å². The topological polar surface area (TPSA) is 74.8 Å². The molecular formula is C16H21ClN2O4S. The molecule has 132 valence electrons. The van der Waals surface area contributed by atoms with Crippen molar-refractivity contribution < 1.29 is 18.0 Å². The molecule has 0 radical (unpaired) electrons. The van der Waals surface area contributed by atoms with E-state index >= 15 is 0 Å². The molecule has 2 amide bonds. The minimum absolute atomic E-state index is 0.0326. The minimum atomic E-state index is -3.82. The molecule has 0 spiro atoms. The van der Waals surface area contributed by atoms with E-state index in [9.17, 15) is 18.0 Å². The van der Waals surface area contributed by atoms with E-state index < -0.39 is 21.3 Å². The monoisotopic (exact) mass is 372 g/mol. The van der Waals surface area contributed by atoms with Gasteiger partial charge in [0.15, 0.2) is 0 Å². The quantitative estimate of drug-likeness (QED) is 0.813. The summed E-state index contributed by atoms with van der Waals surface area (Å²) in [5.74, 6) is -1.07. The number of carbonyl (C=O) groups is 2. The Morgan fingerprint density at radius 2 is 1.88 bits per heavy atom. The maximum absolute atomic E-state index is 12.5. The molecule has 8 heteroatoms. The fourth-order valence-electron chi connectivity index (χ4n) is 2.74. The van der Waals surface area contributed by atoms with E-state index in [1.165, 1.54) is 18.2 Å². The summed E-state index contributed by atoms with van der Waals surface area (Å²) in [5, 5.41) is 0.112. The van der Waals surface area contributed by atoms with Crippen LogP contribution < -0.4 is 4.31 Å². The lowest BCUT2D eigenvalue weighted by Crippen LogP contribution is -2.34. The average Bonchev–Trinajstić information content (AvgIpc) is 2.65. The van der Waals surface area contributed by atoms with Crippen molar-refractivity contribution in [3.8, 4) is 0 Å².